The molecule has 1 heterocycles. The Bertz CT molecular complexity index is 209. The molecule has 0 unspecified atom stereocenters. The minimum Gasteiger partial charge on any atom is -0.382 e. The van der Waals surface area contributed by atoms with Gasteiger partial charge in [-0.05, 0) is 17.4 Å². The molecule has 0 saturated carbocycles. The van der Waals surface area contributed by atoms with Gasteiger partial charge in [-0.2, -0.15) is 11.3 Å². The quantitative estimate of drug-likeness (QED) is 0.711. The number of ether oxygens (including phenoxy) is 1. The van der Waals surface area contributed by atoms with Gasteiger partial charge in [0.2, 0.25) is 0 Å². The summed E-state index contributed by atoms with van der Waals surface area (Å²) in [4.78, 5) is 0. The van der Waals surface area contributed by atoms with E-state index in [-0.39, 0.29) is 0 Å². The van der Waals surface area contributed by atoms with Crippen LogP contribution >= 0.6 is 11.3 Å². The van der Waals surface area contributed by atoms with Crippen molar-refractivity contribution in [2.24, 2.45) is 5.92 Å². The Morgan fingerprint density at radius 3 is 3.00 bits per heavy atom. The van der Waals surface area contributed by atoms with E-state index in [0.717, 1.165) is 19.8 Å². The zero-order valence-electron chi connectivity index (χ0n) is 8.25. The predicted octanol–water partition coefficient (Wildman–Crippen LogP) is 2.83. The number of anilines is 1. The first-order valence-electron chi connectivity index (χ1n) is 4.63. The topological polar surface area (TPSA) is 21.3 Å². The molecule has 1 aromatic heterocycles. The monoisotopic (exact) mass is 199 g/mol. The molecule has 0 radical (unpaired) electrons. The van der Waals surface area contributed by atoms with Gasteiger partial charge in [0.25, 0.3) is 0 Å². The molecule has 0 amide bonds. The predicted molar refractivity (Wildman–Crippen MR) is 58.5 cm³/mol. The molecule has 74 valence electrons. The summed E-state index contributed by atoms with van der Waals surface area (Å²) in [7, 11) is 0. The summed E-state index contributed by atoms with van der Waals surface area (Å²) in [5, 5.41) is 7.45. The Hall–Kier alpha value is -0.540. The third kappa shape index (κ3) is 4.90. The SMILES string of the molecule is CC(C)COCCNc1ccsc1. The van der Waals surface area contributed by atoms with Crippen LogP contribution in [0, 0.1) is 5.92 Å². The first kappa shape index (κ1) is 10.5. The number of thiophene rings is 1. The molecule has 13 heavy (non-hydrogen) atoms. The minimum atomic E-state index is 0.626. The fraction of sp³-hybridized carbons (Fsp3) is 0.600. The fourth-order valence-electron chi connectivity index (χ4n) is 0.952. The molecule has 0 bridgehead atoms. The maximum Gasteiger partial charge on any atom is 0.0639 e. The molecule has 0 saturated heterocycles. The number of hydrogen-bond acceptors (Lipinski definition) is 3. The van der Waals surface area contributed by atoms with Crippen molar-refractivity contribution >= 4 is 17.0 Å². The van der Waals surface area contributed by atoms with Gasteiger partial charge in [-0.3, -0.25) is 0 Å². The Labute approximate surface area is 83.9 Å². The second-order valence-corrected chi connectivity index (χ2v) is 4.19. The van der Waals surface area contributed by atoms with E-state index in [2.05, 4.69) is 36.0 Å². The van der Waals surface area contributed by atoms with E-state index in [9.17, 15) is 0 Å². The zero-order chi connectivity index (χ0) is 9.52. The van der Waals surface area contributed by atoms with Crippen molar-refractivity contribution in [2.75, 3.05) is 25.1 Å². The van der Waals surface area contributed by atoms with E-state index >= 15 is 0 Å². The van der Waals surface area contributed by atoms with E-state index in [1.165, 1.54) is 5.69 Å². The largest absolute Gasteiger partial charge is 0.382 e. The highest BCUT2D eigenvalue weighted by atomic mass is 32.1. The van der Waals surface area contributed by atoms with E-state index in [0.29, 0.717) is 5.92 Å². The van der Waals surface area contributed by atoms with Gasteiger partial charge in [-0.25, -0.2) is 0 Å². The molecule has 0 aliphatic rings. The summed E-state index contributed by atoms with van der Waals surface area (Å²) in [6.45, 7) is 6.85. The molecule has 3 heteroatoms. The van der Waals surface area contributed by atoms with E-state index in [1.54, 1.807) is 11.3 Å². The normalized spacial score (nSPS) is 10.7. The van der Waals surface area contributed by atoms with Crippen LogP contribution in [-0.2, 0) is 4.74 Å². The van der Waals surface area contributed by atoms with Crippen LogP contribution in [0.5, 0.6) is 0 Å². The first-order chi connectivity index (χ1) is 6.29. The molecule has 2 nitrogen and oxygen atoms in total. The zero-order valence-corrected chi connectivity index (χ0v) is 9.06. The van der Waals surface area contributed by atoms with Gasteiger partial charge in [-0.1, -0.05) is 13.8 Å². The van der Waals surface area contributed by atoms with Gasteiger partial charge in [0.15, 0.2) is 0 Å². The molecular weight excluding hydrogens is 182 g/mol. The van der Waals surface area contributed by atoms with Crippen molar-refractivity contribution in [1.29, 1.82) is 0 Å². The summed E-state index contributed by atoms with van der Waals surface area (Å²) >= 11 is 1.70. The van der Waals surface area contributed by atoms with Crippen molar-refractivity contribution in [3.63, 3.8) is 0 Å². The lowest BCUT2D eigenvalue weighted by Gasteiger charge is -2.07. The second kappa shape index (κ2) is 6.00. The Balaban J connectivity index is 1.96. The average molecular weight is 199 g/mol. The number of nitrogens with one attached hydrogen (secondary N) is 1. The van der Waals surface area contributed by atoms with Crippen molar-refractivity contribution in [3.05, 3.63) is 16.8 Å². The van der Waals surface area contributed by atoms with E-state index in [4.69, 9.17) is 4.74 Å². The van der Waals surface area contributed by atoms with Gasteiger partial charge in [0, 0.05) is 24.2 Å². The molecule has 0 aromatic carbocycles. The summed E-state index contributed by atoms with van der Waals surface area (Å²) in [5.74, 6) is 0.626. The molecule has 1 N–H and O–H groups in total. The maximum atomic E-state index is 5.43. The van der Waals surface area contributed by atoms with Crippen LogP contribution in [0.1, 0.15) is 13.8 Å². The van der Waals surface area contributed by atoms with Crippen LogP contribution in [-0.4, -0.2) is 19.8 Å². The maximum absolute atomic E-state index is 5.43. The van der Waals surface area contributed by atoms with Crippen molar-refractivity contribution < 1.29 is 4.74 Å². The van der Waals surface area contributed by atoms with Gasteiger partial charge < -0.3 is 10.1 Å². The molecular formula is C10H17NOS. The smallest absolute Gasteiger partial charge is 0.0639 e. The molecule has 0 aliphatic carbocycles. The lowest BCUT2D eigenvalue weighted by atomic mass is 10.2. The molecule has 0 spiro atoms. The Morgan fingerprint density at radius 2 is 2.38 bits per heavy atom. The van der Waals surface area contributed by atoms with Crippen LogP contribution in [0.3, 0.4) is 0 Å². The Morgan fingerprint density at radius 1 is 1.54 bits per heavy atom. The van der Waals surface area contributed by atoms with E-state index < -0.39 is 0 Å². The van der Waals surface area contributed by atoms with Crippen LogP contribution in [0.25, 0.3) is 0 Å². The van der Waals surface area contributed by atoms with Crippen LogP contribution in [0.2, 0.25) is 0 Å². The second-order valence-electron chi connectivity index (χ2n) is 3.41. The third-order valence-corrected chi connectivity index (χ3v) is 2.23. The number of rotatable bonds is 6. The molecule has 1 aromatic rings. The highest BCUT2D eigenvalue weighted by molar-refractivity contribution is 7.08. The number of hydrogen-bond donors (Lipinski definition) is 1. The summed E-state index contributed by atoms with van der Waals surface area (Å²) < 4.78 is 5.43. The standard InChI is InChI=1S/C10H17NOS/c1-9(2)7-12-5-4-11-10-3-6-13-8-10/h3,6,8-9,11H,4-5,7H2,1-2H3. The van der Waals surface area contributed by atoms with Crippen molar-refractivity contribution in [1.82, 2.24) is 0 Å². The lowest BCUT2D eigenvalue weighted by molar-refractivity contribution is 0.118. The highest BCUT2D eigenvalue weighted by Gasteiger charge is 1.94. The fourth-order valence-corrected chi connectivity index (χ4v) is 1.56. The van der Waals surface area contributed by atoms with Crippen LogP contribution in [0.15, 0.2) is 16.8 Å². The van der Waals surface area contributed by atoms with Crippen LogP contribution in [0.4, 0.5) is 5.69 Å². The molecule has 0 fully saturated rings. The van der Waals surface area contributed by atoms with Gasteiger partial charge >= 0.3 is 0 Å². The van der Waals surface area contributed by atoms with Crippen molar-refractivity contribution in [3.8, 4) is 0 Å². The Kier molecular flexibility index (Phi) is 4.86. The summed E-state index contributed by atoms with van der Waals surface area (Å²) in [6.07, 6.45) is 0. The van der Waals surface area contributed by atoms with Gasteiger partial charge in [0.05, 0.1) is 6.61 Å². The summed E-state index contributed by atoms with van der Waals surface area (Å²) in [5.41, 5.74) is 1.19. The van der Waals surface area contributed by atoms with E-state index in [1.807, 2.05) is 0 Å². The van der Waals surface area contributed by atoms with Gasteiger partial charge in [0.1, 0.15) is 0 Å². The third-order valence-electron chi connectivity index (χ3n) is 1.55. The van der Waals surface area contributed by atoms with Crippen molar-refractivity contribution in [2.45, 2.75) is 13.8 Å². The minimum absolute atomic E-state index is 0.626. The molecule has 0 aliphatic heterocycles. The summed E-state index contributed by atoms with van der Waals surface area (Å²) in [6, 6.07) is 2.08. The van der Waals surface area contributed by atoms with Gasteiger partial charge in [-0.15, -0.1) is 0 Å². The molecule has 1 rings (SSSR count). The highest BCUT2D eigenvalue weighted by Crippen LogP contribution is 2.10. The average Bonchev–Trinajstić information content (AvgIpc) is 2.55. The first-order valence-corrected chi connectivity index (χ1v) is 5.57. The molecule has 0 atom stereocenters. The van der Waals surface area contributed by atoms with Crippen LogP contribution < -0.4 is 5.32 Å². The lowest BCUT2D eigenvalue weighted by Crippen LogP contribution is -2.11.